The molecule has 4 N–H and O–H groups in total. The second kappa shape index (κ2) is 12.1. The molecule has 34 heavy (non-hydrogen) atoms. The lowest BCUT2D eigenvalue weighted by Gasteiger charge is -2.13. The number of benzene rings is 2. The summed E-state index contributed by atoms with van der Waals surface area (Å²) in [4.78, 5) is 26.1. The summed E-state index contributed by atoms with van der Waals surface area (Å²) in [6.07, 6.45) is 2.53. The quantitative estimate of drug-likeness (QED) is 0.227. The molecule has 0 spiro atoms. The molecule has 0 radical (unpaired) electrons. The Morgan fingerprint density at radius 1 is 1.18 bits per heavy atom. The lowest BCUT2D eigenvalue weighted by Crippen LogP contribution is -2.34. The first kappa shape index (κ1) is 25.9. The first-order valence-electron chi connectivity index (χ1n) is 10.8. The predicted molar refractivity (Wildman–Crippen MR) is 145 cm³/mol. The highest BCUT2D eigenvalue weighted by Gasteiger charge is 2.21. The highest BCUT2D eigenvalue weighted by Crippen LogP contribution is 2.34. The van der Waals surface area contributed by atoms with E-state index in [4.69, 9.17) is 22.7 Å². The number of thiocarbonyl (C=S) groups is 1. The first-order valence-corrected chi connectivity index (χ1v) is 12.8. The van der Waals surface area contributed by atoms with Crippen molar-refractivity contribution in [1.82, 2.24) is 5.32 Å². The Balaban J connectivity index is 1.77. The van der Waals surface area contributed by atoms with Gasteiger partial charge in [0, 0.05) is 15.8 Å². The van der Waals surface area contributed by atoms with Gasteiger partial charge in [-0.2, -0.15) is 0 Å². The molecule has 0 aliphatic heterocycles. The number of carbonyl (C=O) groups is 2. The van der Waals surface area contributed by atoms with Gasteiger partial charge < -0.3 is 15.8 Å². The number of nitrogens with one attached hydrogen (secondary N) is 2. The van der Waals surface area contributed by atoms with Crippen LogP contribution in [0.1, 0.15) is 56.5 Å². The maximum atomic E-state index is 13.0. The molecular weight excluding hydrogens is 534 g/mol. The average Bonchev–Trinajstić information content (AvgIpc) is 3.09. The van der Waals surface area contributed by atoms with Crippen LogP contribution in [0.3, 0.4) is 0 Å². The molecule has 0 bridgehead atoms. The van der Waals surface area contributed by atoms with Gasteiger partial charge in [0.1, 0.15) is 10.8 Å². The molecule has 178 valence electrons. The SMILES string of the molecule is CCCCOc1ccc(Br)cc1C(=O)NC(=S)Nc1sc(Cc2ccccc2)c(C)c1C(N)=O. The van der Waals surface area contributed by atoms with E-state index in [9.17, 15) is 9.59 Å². The predicted octanol–water partition coefficient (Wildman–Crippen LogP) is 5.81. The Morgan fingerprint density at radius 3 is 2.59 bits per heavy atom. The van der Waals surface area contributed by atoms with Crippen molar-refractivity contribution >= 4 is 61.4 Å². The number of thiophene rings is 1. The zero-order valence-electron chi connectivity index (χ0n) is 18.9. The van der Waals surface area contributed by atoms with Gasteiger partial charge in [-0.3, -0.25) is 14.9 Å². The average molecular weight is 561 g/mol. The fourth-order valence-electron chi connectivity index (χ4n) is 3.33. The summed E-state index contributed by atoms with van der Waals surface area (Å²) in [5.41, 5.74) is 8.32. The smallest absolute Gasteiger partial charge is 0.261 e. The summed E-state index contributed by atoms with van der Waals surface area (Å²) >= 11 is 10.2. The van der Waals surface area contributed by atoms with Gasteiger partial charge in [0.25, 0.3) is 11.8 Å². The number of anilines is 1. The third-order valence-corrected chi connectivity index (χ3v) is 7.00. The molecule has 0 atom stereocenters. The molecule has 0 saturated heterocycles. The number of rotatable bonds is 9. The molecule has 0 aliphatic carbocycles. The van der Waals surface area contributed by atoms with Crippen LogP contribution in [-0.4, -0.2) is 23.5 Å². The van der Waals surface area contributed by atoms with Crippen LogP contribution < -0.4 is 21.1 Å². The molecule has 3 rings (SSSR count). The summed E-state index contributed by atoms with van der Waals surface area (Å²) in [7, 11) is 0. The Kier molecular flexibility index (Phi) is 9.20. The van der Waals surface area contributed by atoms with Crippen molar-refractivity contribution in [2.24, 2.45) is 5.73 Å². The first-order chi connectivity index (χ1) is 16.3. The van der Waals surface area contributed by atoms with Crippen LogP contribution in [0, 0.1) is 6.92 Å². The van der Waals surface area contributed by atoms with Crippen molar-refractivity contribution in [3.05, 3.63) is 80.1 Å². The molecular formula is C25H26BrN3O3S2. The monoisotopic (exact) mass is 559 g/mol. The molecule has 1 aromatic heterocycles. The number of nitrogens with two attached hydrogens (primary N) is 1. The molecule has 6 nitrogen and oxygen atoms in total. The van der Waals surface area contributed by atoms with E-state index in [0.717, 1.165) is 33.3 Å². The Morgan fingerprint density at radius 2 is 1.91 bits per heavy atom. The second-order valence-electron chi connectivity index (χ2n) is 7.63. The number of primary amides is 1. The van der Waals surface area contributed by atoms with E-state index in [1.807, 2.05) is 43.3 Å². The number of unbranched alkanes of at least 4 members (excludes halogenated alkanes) is 1. The van der Waals surface area contributed by atoms with Crippen LogP contribution in [0.25, 0.3) is 0 Å². The summed E-state index contributed by atoms with van der Waals surface area (Å²) in [6.45, 7) is 4.45. The van der Waals surface area contributed by atoms with Crippen LogP contribution in [0.5, 0.6) is 5.75 Å². The van der Waals surface area contributed by atoms with Crippen molar-refractivity contribution in [2.45, 2.75) is 33.1 Å². The fraction of sp³-hybridized carbons (Fsp3) is 0.240. The van der Waals surface area contributed by atoms with Crippen LogP contribution in [0.2, 0.25) is 0 Å². The fourth-order valence-corrected chi connectivity index (χ4v) is 5.20. The van der Waals surface area contributed by atoms with Gasteiger partial charge in [0.2, 0.25) is 0 Å². The van der Waals surface area contributed by atoms with E-state index < -0.39 is 11.8 Å². The van der Waals surface area contributed by atoms with E-state index in [0.29, 0.717) is 34.9 Å². The zero-order chi connectivity index (χ0) is 24.7. The van der Waals surface area contributed by atoms with E-state index in [1.165, 1.54) is 11.3 Å². The molecule has 0 aliphatic rings. The van der Waals surface area contributed by atoms with E-state index in [2.05, 4.69) is 33.5 Å². The topological polar surface area (TPSA) is 93.4 Å². The van der Waals surface area contributed by atoms with Crippen molar-refractivity contribution in [3.8, 4) is 5.75 Å². The number of hydrogen-bond donors (Lipinski definition) is 3. The second-order valence-corrected chi connectivity index (χ2v) is 10.1. The van der Waals surface area contributed by atoms with Gasteiger partial charge in [-0.25, -0.2) is 0 Å². The zero-order valence-corrected chi connectivity index (χ0v) is 22.2. The van der Waals surface area contributed by atoms with Gasteiger partial charge in [-0.15, -0.1) is 11.3 Å². The lowest BCUT2D eigenvalue weighted by atomic mass is 10.1. The van der Waals surface area contributed by atoms with Crippen molar-refractivity contribution in [3.63, 3.8) is 0 Å². The van der Waals surface area contributed by atoms with Gasteiger partial charge in [-0.05, 0) is 54.9 Å². The third kappa shape index (κ3) is 6.65. The molecule has 0 unspecified atom stereocenters. The Bertz CT molecular complexity index is 1200. The van der Waals surface area contributed by atoms with Gasteiger partial charge in [0.15, 0.2) is 5.11 Å². The number of amides is 2. The lowest BCUT2D eigenvalue weighted by molar-refractivity contribution is 0.0971. The number of halogens is 1. The maximum Gasteiger partial charge on any atom is 0.261 e. The van der Waals surface area contributed by atoms with E-state index in [1.54, 1.807) is 12.1 Å². The minimum atomic E-state index is -0.553. The number of carbonyl (C=O) groups excluding carboxylic acids is 2. The molecule has 9 heteroatoms. The van der Waals surface area contributed by atoms with Crippen molar-refractivity contribution in [2.75, 3.05) is 11.9 Å². The Hall–Kier alpha value is -2.75. The summed E-state index contributed by atoms with van der Waals surface area (Å²) < 4.78 is 6.52. The molecule has 0 fully saturated rings. The summed E-state index contributed by atoms with van der Waals surface area (Å²) in [5, 5.41) is 6.25. The maximum absolute atomic E-state index is 13.0. The summed E-state index contributed by atoms with van der Waals surface area (Å²) in [6, 6.07) is 15.2. The number of hydrogen-bond acceptors (Lipinski definition) is 5. The summed E-state index contributed by atoms with van der Waals surface area (Å²) in [5.74, 6) is -0.487. The molecule has 2 amide bonds. The van der Waals surface area contributed by atoms with Gasteiger partial charge >= 0.3 is 0 Å². The molecule has 1 heterocycles. The van der Waals surface area contributed by atoms with Crippen LogP contribution in [0.15, 0.2) is 53.0 Å². The minimum absolute atomic E-state index is 0.0690. The van der Waals surface area contributed by atoms with Crippen molar-refractivity contribution in [1.29, 1.82) is 0 Å². The minimum Gasteiger partial charge on any atom is -0.493 e. The highest BCUT2D eigenvalue weighted by atomic mass is 79.9. The third-order valence-electron chi connectivity index (χ3n) is 5.10. The van der Waals surface area contributed by atoms with E-state index in [-0.39, 0.29) is 5.11 Å². The highest BCUT2D eigenvalue weighted by molar-refractivity contribution is 9.10. The van der Waals surface area contributed by atoms with Crippen molar-refractivity contribution < 1.29 is 14.3 Å². The van der Waals surface area contributed by atoms with Gasteiger partial charge in [-0.1, -0.05) is 59.6 Å². The Labute approximate surface area is 217 Å². The van der Waals surface area contributed by atoms with E-state index >= 15 is 0 Å². The molecule has 0 saturated carbocycles. The van der Waals surface area contributed by atoms with Crippen LogP contribution in [0.4, 0.5) is 5.00 Å². The number of ether oxygens (including phenoxy) is 1. The largest absolute Gasteiger partial charge is 0.493 e. The van der Waals surface area contributed by atoms with Gasteiger partial charge in [0.05, 0.1) is 17.7 Å². The standard InChI is InChI=1S/C25H26BrN3O3S2/c1-3-4-12-32-19-11-10-17(26)14-18(19)23(31)28-25(33)29-24-21(22(27)30)15(2)20(34-24)13-16-8-6-5-7-9-16/h5-11,14H,3-4,12-13H2,1-2H3,(H2,27,30)(H2,28,29,31,33). The normalized spacial score (nSPS) is 10.6. The van der Waals surface area contributed by atoms with Crippen LogP contribution >= 0.6 is 39.5 Å². The molecule has 3 aromatic rings. The van der Waals surface area contributed by atoms with Crippen LogP contribution in [-0.2, 0) is 6.42 Å². The molecule has 2 aromatic carbocycles.